The highest BCUT2D eigenvalue weighted by molar-refractivity contribution is 8.00. The number of nitriles is 1. The van der Waals surface area contributed by atoms with Crippen molar-refractivity contribution in [3.05, 3.63) is 141 Å². The molecule has 3 amide bonds. The topological polar surface area (TPSA) is 111 Å². The largest absolute Gasteiger partial charge is 0.321 e. The lowest BCUT2D eigenvalue weighted by molar-refractivity contribution is -0.116. The number of aryl methyl sites for hydroxylation is 1. The number of carbonyl (C=O) groups excluding carboxylic acids is 3. The molecule has 0 saturated carbocycles. The molecule has 10 heteroatoms. The molecule has 1 heterocycles. The summed E-state index contributed by atoms with van der Waals surface area (Å²) in [6, 6.07) is 32.9. The number of amides is 3. The molecule has 0 saturated heterocycles. The Morgan fingerprint density at radius 1 is 0.938 bits per heavy atom. The molecule has 0 bridgehead atoms. The number of carbonyl (C=O) groups is 3. The zero-order chi connectivity index (χ0) is 34.0. The van der Waals surface area contributed by atoms with Crippen LogP contribution in [0.15, 0.2) is 119 Å². The molecular formula is C38H31ClN4O3S2. The second-order valence-corrected chi connectivity index (χ2v) is 13.3. The maximum Gasteiger partial charge on any atom is 0.272 e. The smallest absolute Gasteiger partial charge is 0.272 e. The summed E-state index contributed by atoms with van der Waals surface area (Å²) < 4.78 is 0. The molecule has 1 aromatic heterocycles. The van der Waals surface area contributed by atoms with E-state index in [0.717, 1.165) is 21.6 Å². The van der Waals surface area contributed by atoms with Crippen molar-refractivity contribution in [3.63, 3.8) is 0 Å². The third-order valence-electron chi connectivity index (χ3n) is 7.22. The fourth-order valence-corrected chi connectivity index (χ4v) is 6.87. The molecule has 240 valence electrons. The quantitative estimate of drug-likeness (QED) is 0.0946. The monoisotopic (exact) mass is 690 g/mol. The van der Waals surface area contributed by atoms with Gasteiger partial charge in [0.15, 0.2) is 0 Å². The van der Waals surface area contributed by atoms with Crippen LogP contribution in [-0.2, 0) is 9.59 Å². The van der Waals surface area contributed by atoms with Crippen molar-refractivity contribution in [2.24, 2.45) is 0 Å². The van der Waals surface area contributed by atoms with E-state index in [0.29, 0.717) is 38.8 Å². The normalized spacial score (nSPS) is 11.7. The Morgan fingerprint density at radius 2 is 1.69 bits per heavy atom. The van der Waals surface area contributed by atoms with Gasteiger partial charge in [0.2, 0.25) is 5.91 Å². The van der Waals surface area contributed by atoms with Crippen molar-refractivity contribution >= 4 is 69.2 Å². The Hall–Kier alpha value is -5.14. The zero-order valence-corrected chi connectivity index (χ0v) is 28.5. The second kappa shape index (κ2) is 16.1. The molecule has 5 rings (SSSR count). The maximum absolute atomic E-state index is 13.5. The number of nitrogens with zero attached hydrogens (tertiary/aromatic N) is 1. The van der Waals surface area contributed by atoms with Crippen LogP contribution in [0, 0.1) is 18.3 Å². The lowest BCUT2D eigenvalue weighted by atomic mass is 10.0. The van der Waals surface area contributed by atoms with Gasteiger partial charge in [-0.05, 0) is 73.0 Å². The van der Waals surface area contributed by atoms with E-state index >= 15 is 0 Å². The van der Waals surface area contributed by atoms with Crippen LogP contribution in [0.2, 0.25) is 5.02 Å². The summed E-state index contributed by atoms with van der Waals surface area (Å²) in [5.41, 5.74) is 4.81. The average Bonchev–Trinajstić information content (AvgIpc) is 3.49. The van der Waals surface area contributed by atoms with E-state index in [1.54, 1.807) is 78.9 Å². The fraction of sp³-hybridized carbons (Fsp3) is 0.105. The van der Waals surface area contributed by atoms with Crippen LogP contribution in [0.3, 0.4) is 0 Å². The molecule has 0 fully saturated rings. The van der Waals surface area contributed by atoms with Gasteiger partial charge in [-0.15, -0.1) is 23.1 Å². The minimum atomic E-state index is -0.530. The predicted molar refractivity (Wildman–Crippen MR) is 196 cm³/mol. The Balaban J connectivity index is 1.30. The van der Waals surface area contributed by atoms with Gasteiger partial charge in [0.1, 0.15) is 16.8 Å². The molecule has 0 radical (unpaired) electrons. The molecule has 0 aliphatic rings. The predicted octanol–water partition coefficient (Wildman–Crippen LogP) is 9.17. The highest BCUT2D eigenvalue weighted by Gasteiger charge is 2.22. The molecule has 7 nitrogen and oxygen atoms in total. The number of nitrogens with one attached hydrogen (secondary N) is 3. The van der Waals surface area contributed by atoms with Crippen molar-refractivity contribution in [1.29, 1.82) is 5.26 Å². The summed E-state index contributed by atoms with van der Waals surface area (Å²) in [7, 11) is 0. The van der Waals surface area contributed by atoms with Gasteiger partial charge < -0.3 is 16.0 Å². The third-order valence-corrected chi connectivity index (χ3v) is 9.71. The molecule has 0 spiro atoms. The lowest BCUT2D eigenvalue weighted by Gasteiger charge is -2.16. The number of thioether (sulfide) groups is 1. The minimum absolute atomic E-state index is 0.0317. The highest BCUT2D eigenvalue weighted by atomic mass is 35.5. The summed E-state index contributed by atoms with van der Waals surface area (Å²) in [6.07, 6.45) is 2.09. The number of anilines is 2. The summed E-state index contributed by atoms with van der Waals surface area (Å²) in [6.45, 7) is 3.92. The Kier molecular flexibility index (Phi) is 11.5. The van der Waals surface area contributed by atoms with Crippen LogP contribution in [-0.4, -0.2) is 23.0 Å². The number of benzene rings is 4. The van der Waals surface area contributed by atoms with Crippen molar-refractivity contribution in [3.8, 4) is 17.2 Å². The van der Waals surface area contributed by atoms with Crippen LogP contribution >= 0.6 is 34.7 Å². The average molecular weight is 691 g/mol. The summed E-state index contributed by atoms with van der Waals surface area (Å²) in [5, 5.41) is 20.9. The summed E-state index contributed by atoms with van der Waals surface area (Å²) >= 11 is 8.84. The number of thiophene rings is 1. The molecule has 48 heavy (non-hydrogen) atoms. The van der Waals surface area contributed by atoms with E-state index in [1.165, 1.54) is 23.1 Å². The second-order valence-electron chi connectivity index (χ2n) is 10.8. The van der Waals surface area contributed by atoms with Crippen LogP contribution in [0.5, 0.6) is 0 Å². The zero-order valence-electron chi connectivity index (χ0n) is 26.1. The van der Waals surface area contributed by atoms with Crippen LogP contribution in [0.4, 0.5) is 10.7 Å². The van der Waals surface area contributed by atoms with E-state index in [-0.39, 0.29) is 11.6 Å². The van der Waals surface area contributed by atoms with Crippen molar-refractivity contribution < 1.29 is 14.4 Å². The van der Waals surface area contributed by atoms with Gasteiger partial charge in [0, 0.05) is 32.1 Å². The van der Waals surface area contributed by atoms with Gasteiger partial charge in [0.05, 0.1) is 10.8 Å². The SMILES string of the molecule is CCC(Sc1cccc(NC(=O)/C(=C/c2cccc(Cl)c2)NC(=O)c2ccccc2)c1)C(=O)Nc1scc(-c2ccc(C)cc2)c1C#N. The first-order chi connectivity index (χ1) is 23.2. The van der Waals surface area contributed by atoms with Gasteiger partial charge in [-0.1, -0.05) is 84.8 Å². The van der Waals surface area contributed by atoms with Crippen molar-refractivity contribution in [1.82, 2.24) is 5.32 Å². The van der Waals surface area contributed by atoms with E-state index in [9.17, 15) is 19.6 Å². The molecule has 4 aromatic carbocycles. The first-order valence-electron chi connectivity index (χ1n) is 15.0. The van der Waals surface area contributed by atoms with Gasteiger partial charge in [-0.2, -0.15) is 5.26 Å². The Bertz CT molecular complexity index is 2020. The van der Waals surface area contributed by atoms with Crippen molar-refractivity contribution in [2.75, 3.05) is 10.6 Å². The molecule has 3 N–H and O–H groups in total. The number of rotatable bonds is 11. The fourth-order valence-electron chi connectivity index (χ4n) is 4.74. The van der Waals surface area contributed by atoms with Crippen molar-refractivity contribution in [2.45, 2.75) is 30.4 Å². The van der Waals surface area contributed by atoms with Crippen LogP contribution in [0.25, 0.3) is 17.2 Å². The van der Waals surface area contributed by atoms with Gasteiger partial charge >= 0.3 is 0 Å². The molecule has 1 unspecified atom stereocenters. The number of hydrogen-bond acceptors (Lipinski definition) is 6. The first kappa shape index (κ1) is 34.2. The first-order valence-corrected chi connectivity index (χ1v) is 17.2. The summed E-state index contributed by atoms with van der Waals surface area (Å²) in [4.78, 5) is 40.7. The van der Waals surface area contributed by atoms with Gasteiger partial charge in [-0.3, -0.25) is 14.4 Å². The lowest BCUT2D eigenvalue weighted by Crippen LogP contribution is -2.30. The van der Waals surface area contributed by atoms with Crippen LogP contribution in [0.1, 0.15) is 40.4 Å². The molecular weight excluding hydrogens is 660 g/mol. The highest BCUT2D eigenvalue weighted by Crippen LogP contribution is 2.36. The van der Waals surface area contributed by atoms with Gasteiger partial charge in [-0.25, -0.2) is 0 Å². The minimum Gasteiger partial charge on any atom is -0.321 e. The van der Waals surface area contributed by atoms with Gasteiger partial charge in [0.25, 0.3) is 11.8 Å². The molecule has 0 aliphatic heterocycles. The molecule has 5 aromatic rings. The van der Waals surface area contributed by atoms with E-state index < -0.39 is 17.1 Å². The van der Waals surface area contributed by atoms with E-state index in [4.69, 9.17) is 11.6 Å². The molecule has 0 aliphatic carbocycles. The Labute approximate surface area is 292 Å². The summed E-state index contributed by atoms with van der Waals surface area (Å²) in [5.74, 6) is -1.19. The van der Waals surface area contributed by atoms with E-state index in [2.05, 4.69) is 22.0 Å². The number of hydrogen-bond donors (Lipinski definition) is 3. The Morgan fingerprint density at radius 3 is 2.40 bits per heavy atom. The van der Waals surface area contributed by atoms with E-state index in [1.807, 2.05) is 49.6 Å². The standard InChI is InChI=1S/C38H31ClN4O3S2/c1-3-34(37(46)43-38-31(22-40)32(23-47-38)26-17-15-24(2)16-18-26)48-30-14-8-13-29(21-30)41-36(45)33(20-25-9-7-12-28(39)19-25)42-35(44)27-10-5-4-6-11-27/h4-21,23,34H,3H2,1-2H3,(H,41,45)(H,42,44)(H,43,46)/b33-20-. The third kappa shape index (κ3) is 8.81. The maximum atomic E-state index is 13.5. The molecule has 1 atom stereocenters. The van der Waals surface area contributed by atoms with Crippen LogP contribution < -0.4 is 16.0 Å². The number of halogens is 1.